The topological polar surface area (TPSA) is 85.3 Å². The molecule has 2 N–H and O–H groups in total. The molecule has 2 aliphatic heterocycles. The Kier molecular flexibility index (Phi) is 5.69. The minimum atomic E-state index is 0.505. The molecule has 5 rings (SSSR count). The lowest BCUT2D eigenvalue weighted by Gasteiger charge is -2.30. The van der Waals surface area contributed by atoms with Crippen LogP contribution in [0.25, 0.3) is 10.9 Å². The number of nitrogens with zero attached hydrogens (tertiary/aromatic N) is 6. The molecule has 31 heavy (non-hydrogen) atoms. The van der Waals surface area contributed by atoms with E-state index in [0.29, 0.717) is 5.95 Å². The van der Waals surface area contributed by atoms with Crippen molar-refractivity contribution in [3.05, 3.63) is 35.5 Å². The van der Waals surface area contributed by atoms with Crippen LogP contribution in [0, 0.1) is 6.92 Å². The number of anilines is 3. The normalized spacial score (nSPS) is 17.6. The summed E-state index contributed by atoms with van der Waals surface area (Å²) in [6.07, 6.45) is 9.15. The summed E-state index contributed by atoms with van der Waals surface area (Å²) in [7, 11) is 0. The van der Waals surface area contributed by atoms with Gasteiger partial charge in [0.25, 0.3) is 0 Å². The molecule has 0 radical (unpaired) electrons. The number of hydrogen-bond donors (Lipinski definition) is 2. The van der Waals surface area contributed by atoms with E-state index in [1.807, 2.05) is 18.3 Å². The van der Waals surface area contributed by atoms with E-state index in [2.05, 4.69) is 44.4 Å². The summed E-state index contributed by atoms with van der Waals surface area (Å²) in [5, 5.41) is 5.64. The minimum Gasteiger partial charge on any atom is -0.358 e. The highest BCUT2D eigenvalue weighted by Gasteiger charge is 2.20. The molecule has 2 aromatic heterocycles. The predicted molar refractivity (Wildman–Crippen MR) is 126 cm³/mol. The third-order valence-corrected chi connectivity index (χ3v) is 6.19. The van der Waals surface area contributed by atoms with Gasteiger partial charge in [0.05, 0.1) is 6.21 Å². The van der Waals surface area contributed by atoms with Crippen molar-refractivity contribution in [2.75, 3.05) is 41.4 Å². The molecule has 0 atom stereocenters. The second kappa shape index (κ2) is 8.91. The number of nitrogens with one attached hydrogen (secondary N) is 2. The Morgan fingerprint density at radius 2 is 1.48 bits per heavy atom. The van der Waals surface area contributed by atoms with Crippen molar-refractivity contribution < 1.29 is 0 Å². The Bertz CT molecular complexity index is 1020. The lowest BCUT2D eigenvalue weighted by atomic mass is 10.1. The number of aromatic nitrogens is 4. The number of fused-ring (bicyclic) bond motifs is 1. The number of hydrazone groups is 1. The second-order valence-electron chi connectivity index (χ2n) is 8.43. The van der Waals surface area contributed by atoms with E-state index < -0.39 is 0 Å². The van der Waals surface area contributed by atoms with E-state index in [4.69, 9.17) is 15.0 Å². The van der Waals surface area contributed by atoms with Gasteiger partial charge in [-0.3, -0.25) is 0 Å². The van der Waals surface area contributed by atoms with Crippen LogP contribution < -0.4 is 15.2 Å². The molecule has 1 aromatic carbocycles. The summed E-state index contributed by atoms with van der Waals surface area (Å²) in [6, 6.07) is 8.26. The fourth-order valence-electron chi connectivity index (χ4n) is 4.49. The molecule has 0 aliphatic carbocycles. The third kappa shape index (κ3) is 4.33. The monoisotopic (exact) mass is 418 g/mol. The lowest BCUT2D eigenvalue weighted by molar-refractivity contribution is 0.556. The van der Waals surface area contributed by atoms with Crippen LogP contribution in [0.2, 0.25) is 0 Å². The van der Waals surface area contributed by atoms with Gasteiger partial charge in [-0.05, 0) is 51.5 Å². The van der Waals surface area contributed by atoms with Gasteiger partial charge in [0.15, 0.2) is 0 Å². The third-order valence-electron chi connectivity index (χ3n) is 6.19. The Hall–Kier alpha value is -3.16. The summed E-state index contributed by atoms with van der Waals surface area (Å²) in [6.45, 7) is 6.07. The van der Waals surface area contributed by atoms with Crippen LogP contribution in [-0.4, -0.2) is 52.3 Å². The smallest absolute Gasteiger partial charge is 0.250 e. The fraction of sp³-hybridized carbons (Fsp3) is 0.478. The summed E-state index contributed by atoms with van der Waals surface area (Å²) < 4.78 is 0. The van der Waals surface area contributed by atoms with Crippen molar-refractivity contribution in [3.63, 3.8) is 0 Å². The zero-order valence-electron chi connectivity index (χ0n) is 18.1. The largest absolute Gasteiger partial charge is 0.358 e. The highest BCUT2D eigenvalue weighted by Crippen LogP contribution is 2.23. The zero-order valence-corrected chi connectivity index (χ0v) is 18.1. The quantitative estimate of drug-likeness (QED) is 0.480. The number of aryl methyl sites for hydroxylation is 1. The van der Waals surface area contributed by atoms with Crippen molar-refractivity contribution in [2.45, 2.75) is 45.4 Å². The van der Waals surface area contributed by atoms with Crippen LogP contribution in [0.1, 0.15) is 49.8 Å². The maximum atomic E-state index is 4.83. The Morgan fingerprint density at radius 1 is 0.871 bits per heavy atom. The molecule has 0 spiro atoms. The van der Waals surface area contributed by atoms with Crippen molar-refractivity contribution in [3.8, 4) is 0 Å². The Balaban J connectivity index is 1.41. The van der Waals surface area contributed by atoms with Crippen molar-refractivity contribution >= 4 is 35.0 Å². The molecule has 3 aromatic rings. The lowest BCUT2D eigenvalue weighted by Crippen LogP contribution is -2.34. The molecule has 0 bridgehead atoms. The minimum absolute atomic E-state index is 0.505. The average Bonchev–Trinajstić information content (AvgIpc) is 3.15. The van der Waals surface area contributed by atoms with Crippen LogP contribution in [-0.2, 0) is 0 Å². The van der Waals surface area contributed by atoms with Gasteiger partial charge in [-0.25, -0.2) is 5.43 Å². The summed E-state index contributed by atoms with van der Waals surface area (Å²) in [4.78, 5) is 22.2. The van der Waals surface area contributed by atoms with E-state index >= 15 is 0 Å². The summed E-state index contributed by atoms with van der Waals surface area (Å²) in [5.41, 5.74) is 6.35. The second-order valence-corrected chi connectivity index (χ2v) is 8.43. The number of H-pyrrole nitrogens is 1. The van der Waals surface area contributed by atoms with E-state index in [9.17, 15) is 0 Å². The molecule has 162 valence electrons. The fourth-order valence-corrected chi connectivity index (χ4v) is 4.49. The first kappa shape index (κ1) is 19.8. The van der Waals surface area contributed by atoms with E-state index in [-0.39, 0.29) is 0 Å². The van der Waals surface area contributed by atoms with Gasteiger partial charge < -0.3 is 14.8 Å². The van der Waals surface area contributed by atoms with Crippen molar-refractivity contribution in [1.82, 2.24) is 19.9 Å². The Morgan fingerprint density at radius 3 is 2.13 bits per heavy atom. The van der Waals surface area contributed by atoms with Gasteiger partial charge in [0.1, 0.15) is 0 Å². The van der Waals surface area contributed by atoms with Gasteiger partial charge >= 0.3 is 0 Å². The molecule has 8 heteroatoms. The number of para-hydroxylation sites is 1. The van der Waals surface area contributed by atoms with E-state index in [0.717, 1.165) is 60.2 Å². The summed E-state index contributed by atoms with van der Waals surface area (Å²) >= 11 is 0. The first-order chi connectivity index (χ1) is 15.3. The maximum Gasteiger partial charge on any atom is 0.250 e. The van der Waals surface area contributed by atoms with Crippen LogP contribution >= 0.6 is 0 Å². The predicted octanol–water partition coefficient (Wildman–Crippen LogP) is 4.09. The van der Waals surface area contributed by atoms with Gasteiger partial charge in [-0.2, -0.15) is 20.1 Å². The zero-order chi connectivity index (χ0) is 21.0. The molecule has 2 aliphatic rings. The van der Waals surface area contributed by atoms with Crippen molar-refractivity contribution in [1.29, 1.82) is 0 Å². The Labute approximate surface area is 182 Å². The maximum absolute atomic E-state index is 4.83. The van der Waals surface area contributed by atoms with Crippen LogP contribution in [0.15, 0.2) is 29.4 Å². The number of piperidine rings is 2. The average molecular weight is 419 g/mol. The molecule has 0 amide bonds. The molecule has 2 fully saturated rings. The van der Waals surface area contributed by atoms with Gasteiger partial charge in [-0.1, -0.05) is 18.2 Å². The SMILES string of the molecule is Cc1[nH]c2ccccc2c1/C=N/Nc1nc(N2CCCCC2)nc(N2CCCCC2)n1. The number of rotatable bonds is 5. The van der Waals surface area contributed by atoms with Crippen molar-refractivity contribution in [2.24, 2.45) is 5.10 Å². The standard InChI is InChI=1S/C23H30N8/c1-17-19(18-10-4-5-11-20(18)25-17)16-24-29-21-26-22(30-12-6-2-7-13-30)28-23(27-21)31-14-8-3-9-15-31/h4-5,10-11,16,25H,2-3,6-9,12-15H2,1H3,(H,26,27,28,29)/b24-16+. The highest BCUT2D eigenvalue weighted by atomic mass is 15.4. The van der Waals surface area contributed by atoms with E-state index in [1.165, 1.54) is 38.5 Å². The highest BCUT2D eigenvalue weighted by molar-refractivity contribution is 6.00. The molecular weight excluding hydrogens is 388 g/mol. The first-order valence-corrected chi connectivity index (χ1v) is 11.4. The van der Waals surface area contributed by atoms with Gasteiger partial charge in [-0.15, -0.1) is 0 Å². The molecule has 0 saturated carbocycles. The number of aromatic amines is 1. The van der Waals surface area contributed by atoms with Gasteiger partial charge in [0.2, 0.25) is 17.8 Å². The summed E-state index contributed by atoms with van der Waals surface area (Å²) in [5.74, 6) is 2.03. The number of hydrogen-bond acceptors (Lipinski definition) is 7. The van der Waals surface area contributed by atoms with Gasteiger partial charge in [0, 0.05) is 48.3 Å². The molecule has 4 heterocycles. The molecule has 8 nitrogen and oxygen atoms in total. The number of benzene rings is 1. The first-order valence-electron chi connectivity index (χ1n) is 11.4. The van der Waals surface area contributed by atoms with Crippen LogP contribution in [0.3, 0.4) is 0 Å². The molecule has 2 saturated heterocycles. The molecule has 0 unspecified atom stereocenters. The van der Waals surface area contributed by atoms with Crippen LogP contribution in [0.5, 0.6) is 0 Å². The van der Waals surface area contributed by atoms with E-state index in [1.54, 1.807) is 0 Å². The van der Waals surface area contributed by atoms with Crippen LogP contribution in [0.4, 0.5) is 17.8 Å². The molecular formula is C23H30N8.